The third-order valence-electron chi connectivity index (χ3n) is 2.39. The van der Waals surface area contributed by atoms with Gasteiger partial charge in [0, 0.05) is 13.0 Å². The first-order valence-corrected chi connectivity index (χ1v) is 5.99. The van der Waals surface area contributed by atoms with Gasteiger partial charge in [-0.25, -0.2) is 9.97 Å². The number of aromatic nitrogens is 2. The molecule has 1 aliphatic heterocycles. The lowest BCUT2D eigenvalue weighted by atomic mass is 10.4. The minimum Gasteiger partial charge on any atom is -0.333 e. The van der Waals surface area contributed by atoms with E-state index in [0.717, 1.165) is 6.42 Å². The Bertz CT molecular complexity index is 434. The fourth-order valence-corrected chi connectivity index (χ4v) is 1.81. The van der Waals surface area contributed by atoms with Crippen LogP contribution in [0.4, 0.5) is 5.82 Å². The van der Waals surface area contributed by atoms with Crippen molar-refractivity contribution in [1.29, 1.82) is 0 Å². The number of halogens is 1. The topological polar surface area (TPSA) is 75.2 Å². The Labute approximate surface area is 107 Å². The average Bonchev–Trinajstić information content (AvgIpc) is 2.68. The monoisotopic (exact) mass is 298 g/mol. The number of likely N-dealkylation sites (tertiary alicyclic amines) is 1. The van der Waals surface area contributed by atoms with Crippen molar-refractivity contribution in [2.45, 2.75) is 12.8 Å². The Morgan fingerprint density at radius 3 is 2.88 bits per heavy atom. The number of carbonyl (C=O) groups is 2. The van der Waals surface area contributed by atoms with E-state index in [1.165, 1.54) is 12.4 Å². The largest absolute Gasteiger partial charge is 0.333 e. The van der Waals surface area contributed by atoms with Crippen LogP contribution in [0, 0.1) is 0 Å². The molecule has 90 valence electrons. The van der Waals surface area contributed by atoms with Gasteiger partial charge in [0.2, 0.25) is 11.8 Å². The van der Waals surface area contributed by atoms with Crippen molar-refractivity contribution in [3.05, 3.63) is 17.0 Å². The summed E-state index contributed by atoms with van der Waals surface area (Å²) >= 11 is 3.15. The number of amides is 2. The fraction of sp³-hybridized carbons (Fsp3) is 0.400. The van der Waals surface area contributed by atoms with Crippen molar-refractivity contribution in [2.75, 3.05) is 18.4 Å². The summed E-state index contributed by atoms with van der Waals surface area (Å²) in [7, 11) is 0. The van der Waals surface area contributed by atoms with Crippen molar-refractivity contribution in [2.24, 2.45) is 0 Å². The lowest BCUT2D eigenvalue weighted by Gasteiger charge is -2.14. The molecular formula is C10H11BrN4O2. The summed E-state index contributed by atoms with van der Waals surface area (Å²) in [5, 5.41) is 2.59. The van der Waals surface area contributed by atoms with Crippen LogP contribution in [0.5, 0.6) is 0 Å². The van der Waals surface area contributed by atoms with Gasteiger partial charge in [0.1, 0.15) is 4.60 Å². The van der Waals surface area contributed by atoms with E-state index in [4.69, 9.17) is 0 Å². The first-order valence-electron chi connectivity index (χ1n) is 5.20. The molecule has 0 radical (unpaired) electrons. The molecule has 0 atom stereocenters. The number of anilines is 1. The molecule has 1 fully saturated rings. The van der Waals surface area contributed by atoms with Gasteiger partial charge < -0.3 is 10.2 Å². The Morgan fingerprint density at radius 1 is 1.47 bits per heavy atom. The van der Waals surface area contributed by atoms with Crippen molar-refractivity contribution >= 4 is 33.6 Å². The lowest BCUT2D eigenvalue weighted by Crippen LogP contribution is -2.34. The van der Waals surface area contributed by atoms with E-state index in [0.29, 0.717) is 23.4 Å². The highest BCUT2D eigenvalue weighted by Crippen LogP contribution is 2.10. The normalized spacial score (nSPS) is 15.1. The Balaban J connectivity index is 1.88. The summed E-state index contributed by atoms with van der Waals surface area (Å²) in [6.07, 6.45) is 4.31. The molecule has 1 aromatic heterocycles. The van der Waals surface area contributed by atoms with Crippen LogP contribution in [-0.2, 0) is 9.59 Å². The zero-order valence-electron chi connectivity index (χ0n) is 9.02. The van der Waals surface area contributed by atoms with Gasteiger partial charge in [-0.3, -0.25) is 9.59 Å². The molecule has 0 bridgehead atoms. The smallest absolute Gasteiger partial charge is 0.245 e. The van der Waals surface area contributed by atoms with E-state index in [-0.39, 0.29) is 18.4 Å². The highest BCUT2D eigenvalue weighted by Gasteiger charge is 2.22. The van der Waals surface area contributed by atoms with Crippen LogP contribution >= 0.6 is 15.9 Å². The van der Waals surface area contributed by atoms with Crippen LogP contribution in [0.25, 0.3) is 0 Å². The molecule has 6 nitrogen and oxygen atoms in total. The number of nitrogens with one attached hydrogen (secondary N) is 1. The molecule has 2 heterocycles. The molecule has 17 heavy (non-hydrogen) atoms. The Hall–Kier alpha value is -1.50. The molecule has 2 amide bonds. The van der Waals surface area contributed by atoms with E-state index in [2.05, 4.69) is 31.2 Å². The fourth-order valence-electron chi connectivity index (χ4n) is 1.60. The van der Waals surface area contributed by atoms with Crippen LogP contribution in [0.15, 0.2) is 17.0 Å². The molecule has 1 N–H and O–H groups in total. The lowest BCUT2D eigenvalue weighted by molar-refractivity contribution is -0.131. The first kappa shape index (κ1) is 12.0. The summed E-state index contributed by atoms with van der Waals surface area (Å²) in [5.74, 6) is 0.156. The van der Waals surface area contributed by atoms with E-state index in [1.807, 2.05) is 0 Å². The second-order valence-electron chi connectivity index (χ2n) is 3.69. The van der Waals surface area contributed by atoms with Gasteiger partial charge in [-0.15, -0.1) is 0 Å². The quantitative estimate of drug-likeness (QED) is 0.896. The summed E-state index contributed by atoms with van der Waals surface area (Å²) in [4.78, 5) is 32.4. The third kappa shape index (κ3) is 3.23. The molecule has 7 heteroatoms. The summed E-state index contributed by atoms with van der Waals surface area (Å²) in [6, 6.07) is 0. The molecule has 1 saturated heterocycles. The minimum absolute atomic E-state index is 0.0297. The van der Waals surface area contributed by atoms with Gasteiger partial charge in [0.25, 0.3) is 0 Å². The maximum Gasteiger partial charge on any atom is 0.245 e. The molecular weight excluding hydrogens is 288 g/mol. The number of hydrogen-bond acceptors (Lipinski definition) is 4. The molecule has 2 rings (SSSR count). The number of nitrogens with zero attached hydrogens (tertiary/aromatic N) is 3. The molecule has 0 aliphatic carbocycles. The maximum atomic E-state index is 11.6. The number of carbonyl (C=O) groups excluding carboxylic acids is 2. The van der Waals surface area contributed by atoms with E-state index >= 15 is 0 Å². The standard InChI is InChI=1S/C10H11BrN4O2/c11-7-4-13-8(5-12-7)14-9(16)6-15-3-1-2-10(15)17/h4-5H,1-3,6H2,(H,13,14,16). The highest BCUT2D eigenvalue weighted by atomic mass is 79.9. The average molecular weight is 299 g/mol. The van der Waals surface area contributed by atoms with Gasteiger partial charge in [-0.05, 0) is 22.4 Å². The predicted molar refractivity (Wildman–Crippen MR) is 64.2 cm³/mol. The molecule has 1 aliphatic rings. The maximum absolute atomic E-state index is 11.6. The predicted octanol–water partition coefficient (Wildman–Crippen LogP) is 0.800. The number of hydrogen-bond donors (Lipinski definition) is 1. The van der Waals surface area contributed by atoms with E-state index in [9.17, 15) is 9.59 Å². The Morgan fingerprint density at radius 2 is 2.29 bits per heavy atom. The van der Waals surface area contributed by atoms with Gasteiger partial charge >= 0.3 is 0 Å². The summed E-state index contributed by atoms with van der Waals surface area (Å²) < 4.78 is 0.602. The van der Waals surface area contributed by atoms with E-state index < -0.39 is 0 Å². The SMILES string of the molecule is O=C(CN1CCCC1=O)Nc1cnc(Br)cn1. The van der Waals surface area contributed by atoms with Gasteiger partial charge in [-0.1, -0.05) is 0 Å². The molecule has 0 spiro atoms. The zero-order chi connectivity index (χ0) is 12.3. The van der Waals surface area contributed by atoms with Crippen molar-refractivity contribution in [1.82, 2.24) is 14.9 Å². The summed E-state index contributed by atoms with van der Waals surface area (Å²) in [6.45, 7) is 0.731. The number of rotatable bonds is 3. The minimum atomic E-state index is -0.253. The second kappa shape index (κ2) is 5.22. The van der Waals surface area contributed by atoms with Gasteiger partial charge in [0.05, 0.1) is 18.9 Å². The van der Waals surface area contributed by atoms with Crippen LogP contribution in [0.3, 0.4) is 0 Å². The van der Waals surface area contributed by atoms with Crippen molar-refractivity contribution in [3.8, 4) is 0 Å². The zero-order valence-corrected chi connectivity index (χ0v) is 10.6. The molecule has 0 saturated carbocycles. The van der Waals surface area contributed by atoms with E-state index in [1.54, 1.807) is 4.90 Å². The van der Waals surface area contributed by atoms with Crippen LogP contribution in [-0.4, -0.2) is 39.8 Å². The first-order chi connectivity index (χ1) is 8.15. The second-order valence-corrected chi connectivity index (χ2v) is 4.50. The van der Waals surface area contributed by atoms with Gasteiger partial charge in [-0.2, -0.15) is 0 Å². The Kier molecular flexibility index (Phi) is 3.68. The molecule has 0 aromatic carbocycles. The molecule has 0 unspecified atom stereocenters. The third-order valence-corrected chi connectivity index (χ3v) is 2.80. The van der Waals surface area contributed by atoms with Crippen LogP contribution in [0.1, 0.15) is 12.8 Å². The van der Waals surface area contributed by atoms with Crippen molar-refractivity contribution in [3.63, 3.8) is 0 Å². The highest BCUT2D eigenvalue weighted by molar-refractivity contribution is 9.10. The molecule has 1 aromatic rings. The summed E-state index contributed by atoms with van der Waals surface area (Å²) in [5.41, 5.74) is 0. The van der Waals surface area contributed by atoms with Crippen molar-refractivity contribution < 1.29 is 9.59 Å². The van der Waals surface area contributed by atoms with Gasteiger partial charge in [0.15, 0.2) is 5.82 Å². The van der Waals surface area contributed by atoms with Crippen LogP contribution < -0.4 is 5.32 Å². The van der Waals surface area contributed by atoms with Crippen LogP contribution in [0.2, 0.25) is 0 Å².